The van der Waals surface area contributed by atoms with Gasteiger partial charge in [0.05, 0.1) is 12.1 Å². The number of H-pyrrole nitrogens is 1. The average Bonchev–Trinajstić information content (AvgIpc) is 2.90. The van der Waals surface area contributed by atoms with Gasteiger partial charge in [-0.2, -0.15) is 0 Å². The summed E-state index contributed by atoms with van der Waals surface area (Å²) >= 11 is 0. The van der Waals surface area contributed by atoms with Crippen LogP contribution in [0.15, 0.2) is 30.5 Å². The van der Waals surface area contributed by atoms with Crippen LogP contribution in [0.2, 0.25) is 0 Å². The van der Waals surface area contributed by atoms with Crippen LogP contribution in [0.1, 0.15) is 18.4 Å². The standard InChI is InChI=1S/C16H21N3O2/c17-14(16(21)19-7-3-4-12(20)10-19)8-11-9-18-15-6-2-1-5-13(11)15/h1-2,5-6,9,12,14,18,20H,3-4,7-8,10,17H2/t12-,14-/m0/s1. The van der Waals surface area contributed by atoms with Crippen molar-refractivity contribution in [3.63, 3.8) is 0 Å². The van der Waals surface area contributed by atoms with Crippen LogP contribution in [0.5, 0.6) is 0 Å². The van der Waals surface area contributed by atoms with Gasteiger partial charge in [-0.15, -0.1) is 0 Å². The van der Waals surface area contributed by atoms with Gasteiger partial charge in [0.15, 0.2) is 0 Å². The Bertz CT molecular complexity index is 637. The molecule has 2 atom stereocenters. The van der Waals surface area contributed by atoms with Crippen LogP contribution in [0, 0.1) is 0 Å². The molecule has 1 aliphatic heterocycles. The van der Waals surface area contributed by atoms with E-state index in [2.05, 4.69) is 4.98 Å². The minimum atomic E-state index is -0.561. The van der Waals surface area contributed by atoms with Gasteiger partial charge >= 0.3 is 0 Å². The second-order valence-corrected chi connectivity index (χ2v) is 5.75. The number of β-amino-alcohol motifs (C(OH)–C–C–N with tert-alkyl or cyclic N) is 1. The van der Waals surface area contributed by atoms with E-state index in [1.54, 1.807) is 4.90 Å². The Kier molecular flexibility index (Phi) is 3.94. The number of rotatable bonds is 3. The highest BCUT2D eigenvalue weighted by Crippen LogP contribution is 2.19. The number of aliphatic hydroxyl groups is 1. The smallest absolute Gasteiger partial charge is 0.239 e. The fourth-order valence-electron chi connectivity index (χ4n) is 3.01. The number of hydrogen-bond acceptors (Lipinski definition) is 3. The molecule has 2 aromatic rings. The fraction of sp³-hybridized carbons (Fsp3) is 0.438. The van der Waals surface area contributed by atoms with Crippen LogP contribution in [-0.4, -0.2) is 46.1 Å². The summed E-state index contributed by atoms with van der Waals surface area (Å²) in [7, 11) is 0. The highest BCUT2D eigenvalue weighted by atomic mass is 16.3. The van der Waals surface area contributed by atoms with E-state index >= 15 is 0 Å². The van der Waals surface area contributed by atoms with Gasteiger partial charge < -0.3 is 20.7 Å². The number of aliphatic hydroxyl groups excluding tert-OH is 1. The molecule has 0 saturated carbocycles. The van der Waals surface area contributed by atoms with Gasteiger partial charge in [-0.05, 0) is 30.9 Å². The summed E-state index contributed by atoms with van der Waals surface area (Å²) < 4.78 is 0. The van der Waals surface area contributed by atoms with E-state index in [9.17, 15) is 9.90 Å². The number of para-hydroxylation sites is 1. The van der Waals surface area contributed by atoms with Crippen molar-refractivity contribution >= 4 is 16.8 Å². The van der Waals surface area contributed by atoms with E-state index < -0.39 is 12.1 Å². The van der Waals surface area contributed by atoms with Gasteiger partial charge in [-0.3, -0.25) is 4.79 Å². The van der Waals surface area contributed by atoms with Crippen molar-refractivity contribution in [2.24, 2.45) is 5.73 Å². The maximum Gasteiger partial charge on any atom is 0.239 e. The largest absolute Gasteiger partial charge is 0.391 e. The third-order valence-electron chi connectivity index (χ3n) is 4.14. The summed E-state index contributed by atoms with van der Waals surface area (Å²) in [6, 6.07) is 7.43. The molecule has 1 aromatic heterocycles. The number of nitrogens with two attached hydrogens (primary N) is 1. The van der Waals surface area contributed by atoms with Crippen LogP contribution in [-0.2, 0) is 11.2 Å². The number of nitrogens with one attached hydrogen (secondary N) is 1. The Labute approximate surface area is 123 Å². The average molecular weight is 287 g/mol. The fourth-order valence-corrected chi connectivity index (χ4v) is 3.01. The summed E-state index contributed by atoms with van der Waals surface area (Å²) in [6.45, 7) is 1.10. The molecule has 2 heterocycles. The lowest BCUT2D eigenvalue weighted by molar-refractivity contribution is -0.135. The molecule has 0 spiro atoms. The molecule has 5 heteroatoms. The Morgan fingerprint density at radius 3 is 3.10 bits per heavy atom. The van der Waals surface area contributed by atoms with Gasteiger partial charge in [0, 0.05) is 30.2 Å². The van der Waals surface area contributed by atoms with Crippen molar-refractivity contribution in [2.75, 3.05) is 13.1 Å². The molecule has 0 unspecified atom stereocenters. The Balaban J connectivity index is 1.70. The van der Waals surface area contributed by atoms with Crippen molar-refractivity contribution in [2.45, 2.75) is 31.4 Å². The summed E-state index contributed by atoms with van der Waals surface area (Å²) in [4.78, 5) is 17.3. The topological polar surface area (TPSA) is 82.4 Å². The number of fused-ring (bicyclic) bond motifs is 1. The van der Waals surface area contributed by atoms with Gasteiger partial charge in [-0.1, -0.05) is 18.2 Å². The summed E-state index contributed by atoms with van der Waals surface area (Å²) in [5.74, 6) is -0.0703. The number of carbonyl (C=O) groups excluding carboxylic acids is 1. The lowest BCUT2D eigenvalue weighted by Gasteiger charge is -2.32. The highest BCUT2D eigenvalue weighted by molar-refractivity contribution is 5.86. The van der Waals surface area contributed by atoms with Crippen LogP contribution >= 0.6 is 0 Å². The normalized spacial score (nSPS) is 20.7. The van der Waals surface area contributed by atoms with Crippen LogP contribution in [0.25, 0.3) is 10.9 Å². The summed E-state index contributed by atoms with van der Waals surface area (Å²) in [5, 5.41) is 10.8. The van der Waals surface area contributed by atoms with E-state index in [0.717, 1.165) is 29.3 Å². The number of amides is 1. The minimum Gasteiger partial charge on any atom is -0.391 e. The van der Waals surface area contributed by atoms with Crippen molar-refractivity contribution < 1.29 is 9.90 Å². The molecule has 1 saturated heterocycles. The number of aromatic amines is 1. The van der Waals surface area contributed by atoms with E-state index in [1.807, 2.05) is 30.5 Å². The van der Waals surface area contributed by atoms with Crippen molar-refractivity contribution in [3.05, 3.63) is 36.0 Å². The van der Waals surface area contributed by atoms with Crippen LogP contribution in [0.4, 0.5) is 0 Å². The third-order valence-corrected chi connectivity index (χ3v) is 4.14. The molecule has 0 radical (unpaired) electrons. The number of likely N-dealkylation sites (tertiary alicyclic amines) is 1. The number of aromatic nitrogens is 1. The molecule has 4 N–H and O–H groups in total. The molecular formula is C16H21N3O2. The number of hydrogen-bond donors (Lipinski definition) is 3. The second-order valence-electron chi connectivity index (χ2n) is 5.75. The Morgan fingerprint density at radius 1 is 1.48 bits per heavy atom. The zero-order valence-corrected chi connectivity index (χ0v) is 12.0. The summed E-state index contributed by atoms with van der Waals surface area (Å²) in [6.07, 6.45) is 3.62. The molecule has 1 aromatic carbocycles. The first-order valence-electron chi connectivity index (χ1n) is 7.42. The first-order chi connectivity index (χ1) is 10.1. The van der Waals surface area contributed by atoms with Crippen molar-refractivity contribution in [1.82, 2.24) is 9.88 Å². The summed E-state index contributed by atoms with van der Waals surface area (Å²) in [5.41, 5.74) is 8.20. The van der Waals surface area contributed by atoms with Gasteiger partial charge in [-0.25, -0.2) is 0 Å². The van der Waals surface area contributed by atoms with Crippen LogP contribution < -0.4 is 5.73 Å². The molecule has 1 aliphatic rings. The molecule has 3 rings (SSSR count). The maximum atomic E-state index is 12.4. The Hall–Kier alpha value is -1.85. The SMILES string of the molecule is N[C@@H](Cc1c[nH]c2ccccc12)C(=O)N1CCC[C@H](O)C1. The van der Waals surface area contributed by atoms with E-state index in [-0.39, 0.29) is 5.91 Å². The van der Waals surface area contributed by atoms with Crippen LogP contribution in [0.3, 0.4) is 0 Å². The van der Waals surface area contributed by atoms with Gasteiger partial charge in [0.2, 0.25) is 5.91 Å². The number of benzene rings is 1. The number of piperidine rings is 1. The number of carbonyl (C=O) groups is 1. The van der Waals surface area contributed by atoms with Crippen molar-refractivity contribution in [3.8, 4) is 0 Å². The zero-order chi connectivity index (χ0) is 14.8. The quantitative estimate of drug-likeness (QED) is 0.788. The van der Waals surface area contributed by atoms with E-state index in [0.29, 0.717) is 19.5 Å². The van der Waals surface area contributed by atoms with E-state index in [4.69, 9.17) is 5.73 Å². The molecule has 1 amide bonds. The first kappa shape index (κ1) is 14.1. The predicted octanol–water partition coefficient (Wildman–Crippen LogP) is 1.02. The molecule has 0 aliphatic carbocycles. The highest BCUT2D eigenvalue weighted by Gasteiger charge is 2.26. The lowest BCUT2D eigenvalue weighted by Crippen LogP contribution is -2.50. The second kappa shape index (κ2) is 5.87. The molecule has 1 fully saturated rings. The first-order valence-corrected chi connectivity index (χ1v) is 7.42. The Morgan fingerprint density at radius 2 is 2.29 bits per heavy atom. The molecular weight excluding hydrogens is 266 g/mol. The molecule has 21 heavy (non-hydrogen) atoms. The van der Waals surface area contributed by atoms with E-state index in [1.165, 1.54) is 0 Å². The monoisotopic (exact) mass is 287 g/mol. The number of nitrogens with zero attached hydrogens (tertiary/aromatic N) is 1. The molecule has 5 nitrogen and oxygen atoms in total. The zero-order valence-electron chi connectivity index (χ0n) is 12.0. The third kappa shape index (κ3) is 2.94. The minimum absolute atomic E-state index is 0.0703. The van der Waals surface area contributed by atoms with Gasteiger partial charge in [0.25, 0.3) is 0 Å². The maximum absolute atomic E-state index is 12.4. The molecule has 0 bridgehead atoms. The van der Waals surface area contributed by atoms with Crippen molar-refractivity contribution in [1.29, 1.82) is 0 Å². The molecule has 112 valence electrons. The lowest BCUT2D eigenvalue weighted by atomic mass is 10.0. The van der Waals surface area contributed by atoms with Gasteiger partial charge in [0.1, 0.15) is 0 Å². The predicted molar refractivity (Wildman–Crippen MR) is 81.8 cm³/mol.